The summed E-state index contributed by atoms with van der Waals surface area (Å²) in [5.41, 5.74) is 8.62. The maximum atomic E-state index is 12.6. The number of primary amides is 1. The molecule has 3 unspecified atom stereocenters. The summed E-state index contributed by atoms with van der Waals surface area (Å²) in [6.45, 7) is 4.00. The minimum atomic E-state index is -0.356. The number of rotatable bonds is 6. The van der Waals surface area contributed by atoms with Crippen LogP contribution in [-0.2, 0) is 17.6 Å². The van der Waals surface area contributed by atoms with E-state index in [0.717, 1.165) is 51.6 Å². The Bertz CT molecular complexity index is 635. The molecular weight excluding hydrogens is 312 g/mol. The van der Waals surface area contributed by atoms with Crippen LogP contribution in [0.5, 0.6) is 0 Å². The Morgan fingerprint density at radius 3 is 2.84 bits per heavy atom. The van der Waals surface area contributed by atoms with Crippen LogP contribution in [0.1, 0.15) is 60.5 Å². The second kappa shape index (κ2) is 8.13. The largest absolute Gasteiger partial charge is 0.366 e. The number of piperidine rings is 1. The lowest BCUT2D eigenvalue weighted by Gasteiger charge is -2.27. The van der Waals surface area contributed by atoms with Gasteiger partial charge in [-0.15, -0.1) is 0 Å². The molecule has 1 aromatic carbocycles. The third-order valence-electron chi connectivity index (χ3n) is 6.01. The summed E-state index contributed by atoms with van der Waals surface area (Å²) in [6.07, 6.45) is 7.47. The molecule has 1 saturated heterocycles. The molecule has 1 aliphatic heterocycles. The molecule has 1 fully saturated rings. The van der Waals surface area contributed by atoms with Gasteiger partial charge in [-0.05, 0) is 80.7 Å². The number of amides is 1. The molecule has 0 radical (unpaired) electrons. The van der Waals surface area contributed by atoms with Gasteiger partial charge in [-0.3, -0.25) is 9.59 Å². The first-order chi connectivity index (χ1) is 12.0. The van der Waals surface area contributed by atoms with Gasteiger partial charge in [0.15, 0.2) is 0 Å². The number of aryl methyl sites for hydroxylation is 1. The Morgan fingerprint density at radius 1 is 1.28 bits per heavy atom. The van der Waals surface area contributed by atoms with Crippen molar-refractivity contribution in [1.82, 2.24) is 5.32 Å². The molecule has 2 aliphatic rings. The highest BCUT2D eigenvalue weighted by Crippen LogP contribution is 2.31. The molecule has 3 rings (SSSR count). The number of carbonyl (C=O) groups is 2. The Balaban J connectivity index is 1.53. The molecule has 1 heterocycles. The molecule has 0 spiro atoms. The number of fused-ring (bicyclic) bond motifs is 1. The molecule has 4 nitrogen and oxygen atoms in total. The number of nitrogens with one attached hydrogen (secondary N) is 1. The molecule has 136 valence electrons. The van der Waals surface area contributed by atoms with Crippen molar-refractivity contribution in [3.63, 3.8) is 0 Å². The summed E-state index contributed by atoms with van der Waals surface area (Å²) >= 11 is 0. The summed E-state index contributed by atoms with van der Waals surface area (Å²) in [4.78, 5) is 24.0. The van der Waals surface area contributed by atoms with Crippen molar-refractivity contribution < 1.29 is 9.59 Å². The lowest BCUT2D eigenvalue weighted by atomic mass is 9.78. The number of nitrogens with two attached hydrogens (primary N) is 1. The minimum Gasteiger partial charge on any atom is -0.366 e. The first kappa shape index (κ1) is 18.1. The molecule has 3 atom stereocenters. The number of carbonyl (C=O) groups excluding carboxylic acids is 2. The van der Waals surface area contributed by atoms with Gasteiger partial charge in [-0.1, -0.05) is 13.0 Å². The van der Waals surface area contributed by atoms with E-state index in [1.165, 1.54) is 17.5 Å². The molecule has 4 heteroatoms. The maximum Gasteiger partial charge on any atom is 0.248 e. The van der Waals surface area contributed by atoms with Crippen molar-refractivity contribution >= 4 is 11.7 Å². The topological polar surface area (TPSA) is 72.2 Å². The molecule has 1 aliphatic carbocycles. The van der Waals surface area contributed by atoms with Crippen LogP contribution in [-0.4, -0.2) is 24.8 Å². The highest BCUT2D eigenvalue weighted by atomic mass is 16.1. The Labute approximate surface area is 150 Å². The van der Waals surface area contributed by atoms with E-state index in [4.69, 9.17) is 5.73 Å². The summed E-state index contributed by atoms with van der Waals surface area (Å²) in [5, 5.41) is 3.34. The minimum absolute atomic E-state index is 0.156. The number of hydrogen-bond donors (Lipinski definition) is 2. The Morgan fingerprint density at radius 2 is 2.12 bits per heavy atom. The molecular formula is C21H30N2O2. The number of Topliss-reactive ketones (excluding diaryl/α,β-unsaturated/α-hetero) is 1. The van der Waals surface area contributed by atoms with Crippen molar-refractivity contribution in [2.24, 2.45) is 23.5 Å². The molecule has 25 heavy (non-hydrogen) atoms. The van der Waals surface area contributed by atoms with Gasteiger partial charge >= 0.3 is 0 Å². The Hall–Kier alpha value is -1.68. The van der Waals surface area contributed by atoms with Crippen molar-refractivity contribution in [3.05, 3.63) is 34.9 Å². The average molecular weight is 342 g/mol. The molecule has 0 bridgehead atoms. The maximum absolute atomic E-state index is 12.6. The van der Waals surface area contributed by atoms with Gasteiger partial charge in [0.2, 0.25) is 5.91 Å². The number of ketones is 1. The number of benzene rings is 1. The van der Waals surface area contributed by atoms with E-state index in [1.54, 1.807) is 0 Å². The fraction of sp³-hybridized carbons (Fsp3) is 0.619. The average Bonchev–Trinajstić information content (AvgIpc) is 2.65. The monoisotopic (exact) mass is 342 g/mol. The van der Waals surface area contributed by atoms with Crippen LogP contribution in [0.3, 0.4) is 0 Å². The zero-order chi connectivity index (χ0) is 17.8. The quantitative estimate of drug-likeness (QED) is 0.835. The predicted octanol–water partition coefficient (Wildman–Crippen LogP) is 2.88. The summed E-state index contributed by atoms with van der Waals surface area (Å²) in [6, 6.07) is 5.85. The molecule has 1 aromatic rings. The Kier molecular flexibility index (Phi) is 5.89. The standard InChI is InChI=1S/C21H30N2O2/c1-14(20(24)18-3-2-10-23-13-18)4-5-15-6-7-16-8-9-17(21(22)25)12-19(16)11-15/h8-9,12,14-15,18,23H,2-7,10-11,13H2,1H3,(H2,22,25). The van der Waals surface area contributed by atoms with E-state index in [1.807, 2.05) is 18.2 Å². The van der Waals surface area contributed by atoms with E-state index in [-0.39, 0.29) is 17.7 Å². The van der Waals surface area contributed by atoms with Crippen LogP contribution in [0.25, 0.3) is 0 Å². The van der Waals surface area contributed by atoms with E-state index < -0.39 is 0 Å². The van der Waals surface area contributed by atoms with E-state index in [9.17, 15) is 9.59 Å². The van der Waals surface area contributed by atoms with E-state index in [0.29, 0.717) is 17.3 Å². The SMILES string of the molecule is CC(CCC1CCc2ccc(C(N)=O)cc2C1)C(=O)C1CCCNC1. The van der Waals surface area contributed by atoms with Gasteiger partial charge in [0.25, 0.3) is 0 Å². The van der Waals surface area contributed by atoms with Gasteiger partial charge < -0.3 is 11.1 Å². The van der Waals surface area contributed by atoms with Crippen LogP contribution >= 0.6 is 0 Å². The highest BCUT2D eigenvalue weighted by molar-refractivity contribution is 5.93. The van der Waals surface area contributed by atoms with Crippen LogP contribution < -0.4 is 11.1 Å². The van der Waals surface area contributed by atoms with Crippen molar-refractivity contribution in [3.8, 4) is 0 Å². The van der Waals surface area contributed by atoms with Gasteiger partial charge in [0.05, 0.1) is 0 Å². The molecule has 0 aromatic heterocycles. The lowest BCUT2D eigenvalue weighted by Crippen LogP contribution is -2.36. The zero-order valence-electron chi connectivity index (χ0n) is 15.2. The highest BCUT2D eigenvalue weighted by Gasteiger charge is 2.26. The molecule has 3 N–H and O–H groups in total. The van der Waals surface area contributed by atoms with E-state index in [2.05, 4.69) is 12.2 Å². The normalized spacial score (nSPS) is 24.4. The van der Waals surface area contributed by atoms with Gasteiger partial charge in [0, 0.05) is 23.9 Å². The van der Waals surface area contributed by atoms with Crippen molar-refractivity contribution in [2.75, 3.05) is 13.1 Å². The van der Waals surface area contributed by atoms with E-state index >= 15 is 0 Å². The van der Waals surface area contributed by atoms with Crippen molar-refractivity contribution in [2.45, 2.75) is 51.9 Å². The predicted molar refractivity (Wildman–Crippen MR) is 99.5 cm³/mol. The summed E-state index contributed by atoms with van der Waals surface area (Å²) in [5.74, 6) is 1.07. The van der Waals surface area contributed by atoms with Gasteiger partial charge in [-0.25, -0.2) is 0 Å². The third kappa shape index (κ3) is 4.49. The van der Waals surface area contributed by atoms with Crippen LogP contribution in [0.15, 0.2) is 18.2 Å². The molecule has 1 amide bonds. The van der Waals surface area contributed by atoms with Crippen LogP contribution in [0, 0.1) is 17.8 Å². The fourth-order valence-corrected chi connectivity index (χ4v) is 4.36. The summed E-state index contributed by atoms with van der Waals surface area (Å²) in [7, 11) is 0. The van der Waals surface area contributed by atoms with Gasteiger partial charge in [0.1, 0.15) is 5.78 Å². The first-order valence-electron chi connectivity index (χ1n) is 9.70. The zero-order valence-corrected chi connectivity index (χ0v) is 15.2. The molecule has 0 saturated carbocycles. The third-order valence-corrected chi connectivity index (χ3v) is 6.01. The second-order valence-corrected chi connectivity index (χ2v) is 7.88. The van der Waals surface area contributed by atoms with Crippen LogP contribution in [0.4, 0.5) is 0 Å². The fourth-order valence-electron chi connectivity index (χ4n) is 4.36. The van der Waals surface area contributed by atoms with Crippen LogP contribution in [0.2, 0.25) is 0 Å². The second-order valence-electron chi connectivity index (χ2n) is 7.88. The smallest absolute Gasteiger partial charge is 0.248 e. The summed E-state index contributed by atoms with van der Waals surface area (Å²) < 4.78 is 0. The van der Waals surface area contributed by atoms with Crippen molar-refractivity contribution in [1.29, 1.82) is 0 Å². The van der Waals surface area contributed by atoms with Gasteiger partial charge in [-0.2, -0.15) is 0 Å². The number of hydrogen-bond acceptors (Lipinski definition) is 3. The lowest BCUT2D eigenvalue weighted by molar-refractivity contribution is -0.127. The first-order valence-corrected chi connectivity index (χ1v) is 9.70.